The maximum absolute atomic E-state index is 12.7. The van der Waals surface area contributed by atoms with E-state index >= 15 is 0 Å². The molecule has 94 valence electrons. The van der Waals surface area contributed by atoms with Crippen LogP contribution in [0.1, 0.15) is 26.3 Å². The fourth-order valence-corrected chi connectivity index (χ4v) is 1.21. The molecular formula is C12H14F2O3. The van der Waals surface area contributed by atoms with Gasteiger partial charge in [0.15, 0.2) is 0 Å². The zero-order chi connectivity index (χ0) is 13.3. The van der Waals surface area contributed by atoms with E-state index in [4.69, 9.17) is 5.11 Å². The van der Waals surface area contributed by atoms with Crippen LogP contribution in [0.4, 0.5) is 8.78 Å². The average molecular weight is 244 g/mol. The number of carboxylic acid groups (broad SMARTS) is 1. The summed E-state index contributed by atoms with van der Waals surface area (Å²) in [4.78, 5) is 10.2. The third-order valence-corrected chi connectivity index (χ3v) is 2.22. The van der Waals surface area contributed by atoms with Crippen LogP contribution in [-0.2, 0) is 10.2 Å². The van der Waals surface area contributed by atoms with Gasteiger partial charge in [-0.1, -0.05) is 32.9 Å². The number of alkyl halides is 2. The summed E-state index contributed by atoms with van der Waals surface area (Å²) in [6, 6.07) is 5.93. The van der Waals surface area contributed by atoms with E-state index in [1.54, 1.807) is 12.1 Å². The van der Waals surface area contributed by atoms with E-state index in [9.17, 15) is 13.6 Å². The third-order valence-electron chi connectivity index (χ3n) is 2.22. The van der Waals surface area contributed by atoms with Gasteiger partial charge in [-0.05, 0) is 23.1 Å². The van der Waals surface area contributed by atoms with Gasteiger partial charge in [0.2, 0.25) is 0 Å². The number of aliphatic carboxylic acids is 1. The third kappa shape index (κ3) is 3.41. The molecule has 1 rings (SSSR count). The summed E-state index contributed by atoms with van der Waals surface area (Å²) in [7, 11) is 0. The molecule has 5 heteroatoms. The second kappa shape index (κ2) is 4.31. The monoisotopic (exact) mass is 244 g/mol. The Bertz CT molecular complexity index is 405. The average Bonchev–Trinajstić information content (AvgIpc) is 2.16. The predicted octanol–water partition coefficient (Wildman–Crippen LogP) is 3.04. The Morgan fingerprint density at radius 1 is 1.18 bits per heavy atom. The van der Waals surface area contributed by atoms with E-state index in [0.717, 1.165) is 5.56 Å². The molecule has 0 aliphatic heterocycles. The van der Waals surface area contributed by atoms with Crippen molar-refractivity contribution in [3.8, 4) is 5.75 Å². The second-order valence-corrected chi connectivity index (χ2v) is 4.70. The summed E-state index contributed by atoms with van der Waals surface area (Å²) in [5.74, 6) is -2.48. The predicted molar refractivity (Wildman–Crippen MR) is 58.4 cm³/mol. The minimum atomic E-state index is -4.21. The Balaban J connectivity index is 2.86. The summed E-state index contributed by atoms with van der Waals surface area (Å²) in [5.41, 5.74) is 0.844. The number of carbonyl (C=O) groups is 1. The highest BCUT2D eigenvalue weighted by molar-refractivity contribution is 5.73. The van der Waals surface area contributed by atoms with Crippen molar-refractivity contribution in [3.05, 3.63) is 29.8 Å². The Kier molecular flexibility index (Phi) is 3.40. The molecule has 1 N–H and O–H groups in total. The van der Waals surface area contributed by atoms with Crippen molar-refractivity contribution >= 4 is 5.97 Å². The van der Waals surface area contributed by atoms with Gasteiger partial charge in [0.1, 0.15) is 5.75 Å². The maximum atomic E-state index is 12.7. The van der Waals surface area contributed by atoms with Crippen molar-refractivity contribution in [1.29, 1.82) is 0 Å². The summed E-state index contributed by atoms with van der Waals surface area (Å²) in [6.07, 6.45) is -4.21. The minimum absolute atomic E-state index is 0.103. The summed E-state index contributed by atoms with van der Waals surface area (Å²) >= 11 is 0. The van der Waals surface area contributed by atoms with E-state index in [-0.39, 0.29) is 11.2 Å². The second-order valence-electron chi connectivity index (χ2n) is 4.70. The lowest BCUT2D eigenvalue weighted by molar-refractivity contribution is -0.210. The Morgan fingerprint density at radius 3 is 2.00 bits per heavy atom. The maximum Gasteiger partial charge on any atom is 0.501 e. The molecule has 0 saturated heterocycles. The molecule has 3 nitrogen and oxygen atoms in total. The van der Waals surface area contributed by atoms with Gasteiger partial charge >= 0.3 is 12.1 Å². The first-order chi connectivity index (χ1) is 7.63. The zero-order valence-corrected chi connectivity index (χ0v) is 9.83. The smallest absolute Gasteiger partial charge is 0.474 e. The van der Waals surface area contributed by atoms with Crippen molar-refractivity contribution in [2.24, 2.45) is 0 Å². The van der Waals surface area contributed by atoms with Crippen molar-refractivity contribution in [3.63, 3.8) is 0 Å². The van der Waals surface area contributed by atoms with Gasteiger partial charge in [0.25, 0.3) is 0 Å². The molecule has 0 aromatic heterocycles. The van der Waals surface area contributed by atoms with Gasteiger partial charge in [-0.3, -0.25) is 0 Å². The molecule has 0 amide bonds. The van der Waals surface area contributed by atoms with E-state index in [2.05, 4.69) is 4.74 Å². The molecule has 17 heavy (non-hydrogen) atoms. The molecular weight excluding hydrogens is 230 g/mol. The minimum Gasteiger partial charge on any atom is -0.474 e. The van der Waals surface area contributed by atoms with Gasteiger partial charge in [-0.25, -0.2) is 4.79 Å². The summed E-state index contributed by atoms with van der Waals surface area (Å²) in [5, 5.41) is 8.21. The summed E-state index contributed by atoms with van der Waals surface area (Å²) in [6.45, 7) is 5.94. The van der Waals surface area contributed by atoms with Crippen LogP contribution in [0.15, 0.2) is 24.3 Å². The number of benzene rings is 1. The highest BCUT2D eigenvalue weighted by Gasteiger charge is 2.42. The van der Waals surface area contributed by atoms with E-state index in [1.807, 2.05) is 20.8 Å². The summed E-state index contributed by atoms with van der Waals surface area (Å²) < 4.78 is 29.6. The van der Waals surface area contributed by atoms with Gasteiger partial charge in [0.05, 0.1) is 0 Å². The molecule has 1 aromatic carbocycles. The SMILES string of the molecule is CC(C)(C)c1ccc(OC(F)(F)C(=O)O)cc1. The molecule has 0 spiro atoms. The van der Waals surface area contributed by atoms with Gasteiger partial charge in [-0.2, -0.15) is 8.78 Å². The van der Waals surface area contributed by atoms with Crippen LogP contribution in [0.2, 0.25) is 0 Å². The van der Waals surface area contributed by atoms with E-state index in [1.165, 1.54) is 12.1 Å². The lowest BCUT2D eigenvalue weighted by atomic mass is 9.87. The molecule has 0 bridgehead atoms. The standard InChI is InChI=1S/C12H14F2O3/c1-11(2,3)8-4-6-9(7-5-8)17-12(13,14)10(15)16/h4-7H,1-3H3,(H,15,16). The highest BCUT2D eigenvalue weighted by Crippen LogP contribution is 2.27. The quantitative estimate of drug-likeness (QED) is 0.888. The first-order valence-corrected chi connectivity index (χ1v) is 5.04. The number of carboxylic acids is 1. The van der Waals surface area contributed by atoms with Gasteiger partial charge in [-0.15, -0.1) is 0 Å². The van der Waals surface area contributed by atoms with Crippen molar-refractivity contribution in [1.82, 2.24) is 0 Å². The number of rotatable bonds is 3. The Labute approximate surface area is 98.0 Å². The molecule has 0 saturated carbocycles. The van der Waals surface area contributed by atoms with Crippen LogP contribution in [0.3, 0.4) is 0 Å². The largest absolute Gasteiger partial charge is 0.501 e. The topological polar surface area (TPSA) is 46.5 Å². The fraction of sp³-hybridized carbons (Fsp3) is 0.417. The molecule has 0 unspecified atom stereocenters. The van der Waals surface area contributed by atoms with Crippen LogP contribution in [0, 0.1) is 0 Å². The Morgan fingerprint density at radius 2 is 1.65 bits per heavy atom. The van der Waals surface area contributed by atoms with Crippen LogP contribution < -0.4 is 4.74 Å². The van der Waals surface area contributed by atoms with E-state index in [0.29, 0.717) is 0 Å². The zero-order valence-electron chi connectivity index (χ0n) is 9.83. The van der Waals surface area contributed by atoms with Crippen LogP contribution in [-0.4, -0.2) is 17.2 Å². The van der Waals surface area contributed by atoms with E-state index < -0.39 is 12.1 Å². The first kappa shape index (κ1) is 13.4. The van der Waals surface area contributed by atoms with Crippen LogP contribution in [0.25, 0.3) is 0 Å². The lowest BCUT2D eigenvalue weighted by Crippen LogP contribution is -2.34. The molecule has 0 aliphatic carbocycles. The molecule has 0 aliphatic rings. The van der Waals surface area contributed by atoms with Crippen LogP contribution in [0.5, 0.6) is 5.75 Å². The number of hydrogen-bond acceptors (Lipinski definition) is 2. The molecule has 0 fully saturated rings. The van der Waals surface area contributed by atoms with Gasteiger partial charge in [0, 0.05) is 0 Å². The lowest BCUT2D eigenvalue weighted by Gasteiger charge is -2.19. The van der Waals surface area contributed by atoms with Crippen molar-refractivity contribution in [2.45, 2.75) is 32.3 Å². The normalized spacial score (nSPS) is 12.3. The molecule has 0 radical (unpaired) electrons. The molecule has 1 aromatic rings. The molecule has 0 heterocycles. The fourth-order valence-electron chi connectivity index (χ4n) is 1.21. The number of hydrogen-bond donors (Lipinski definition) is 1. The number of ether oxygens (including phenoxy) is 1. The van der Waals surface area contributed by atoms with Crippen molar-refractivity contribution in [2.75, 3.05) is 0 Å². The Hall–Kier alpha value is -1.65. The highest BCUT2D eigenvalue weighted by atomic mass is 19.3. The van der Waals surface area contributed by atoms with Crippen LogP contribution >= 0.6 is 0 Å². The first-order valence-electron chi connectivity index (χ1n) is 5.04. The molecule has 0 atom stereocenters. The van der Waals surface area contributed by atoms with Gasteiger partial charge < -0.3 is 9.84 Å². The number of halogens is 2. The van der Waals surface area contributed by atoms with Crippen molar-refractivity contribution < 1.29 is 23.4 Å².